The molecule has 3 nitrogen and oxygen atoms in total. The second-order valence-corrected chi connectivity index (χ2v) is 5.19. The third kappa shape index (κ3) is 2.01. The fraction of sp³-hybridized carbons (Fsp3) is 0.429. The van der Waals surface area contributed by atoms with Gasteiger partial charge < -0.3 is 9.40 Å². The number of rotatable bonds is 1. The van der Waals surface area contributed by atoms with Gasteiger partial charge in [0.05, 0.1) is 11.8 Å². The summed E-state index contributed by atoms with van der Waals surface area (Å²) in [5, 5.41) is 0. The molecule has 0 unspecified atom stereocenters. The molecule has 1 aliphatic carbocycles. The molecule has 0 aromatic carbocycles. The van der Waals surface area contributed by atoms with Crippen molar-refractivity contribution in [2.24, 2.45) is 0 Å². The standard InChI is InChI=1S/C14H16N2OS/c1-9-10(7-8-17-9)13-15-12-6-4-2-3-5-11(12)14(18)16-13/h7-8H,2-6H2,1H3,(H,15,16,18). The van der Waals surface area contributed by atoms with Crippen molar-refractivity contribution < 1.29 is 4.42 Å². The zero-order chi connectivity index (χ0) is 12.5. The molecule has 0 saturated carbocycles. The first-order valence-corrected chi connectivity index (χ1v) is 6.83. The second kappa shape index (κ2) is 4.69. The van der Waals surface area contributed by atoms with Crippen LogP contribution in [-0.2, 0) is 12.8 Å². The van der Waals surface area contributed by atoms with Crippen LogP contribution in [0.2, 0.25) is 0 Å². The molecular formula is C14H16N2OS. The Balaban J connectivity index is 2.14. The van der Waals surface area contributed by atoms with E-state index in [1.54, 1.807) is 6.26 Å². The van der Waals surface area contributed by atoms with Crippen LogP contribution in [0.1, 0.15) is 36.3 Å². The smallest absolute Gasteiger partial charge is 0.142 e. The fourth-order valence-corrected chi connectivity index (χ4v) is 2.87. The van der Waals surface area contributed by atoms with Gasteiger partial charge in [0.2, 0.25) is 0 Å². The predicted octanol–water partition coefficient (Wildman–Crippen LogP) is 3.98. The SMILES string of the molecule is Cc1occc1-c1nc(=S)c2c([nH]1)CCCCC2. The highest BCUT2D eigenvalue weighted by atomic mass is 32.1. The van der Waals surface area contributed by atoms with E-state index in [0.29, 0.717) is 0 Å². The van der Waals surface area contributed by atoms with E-state index in [-0.39, 0.29) is 0 Å². The lowest BCUT2D eigenvalue weighted by atomic mass is 10.1. The molecule has 0 aliphatic heterocycles. The maximum absolute atomic E-state index is 5.44. The molecule has 0 spiro atoms. The van der Waals surface area contributed by atoms with Crippen molar-refractivity contribution in [2.75, 3.05) is 0 Å². The van der Waals surface area contributed by atoms with E-state index in [1.807, 2.05) is 13.0 Å². The number of fused-ring (bicyclic) bond motifs is 1. The lowest BCUT2D eigenvalue weighted by Crippen LogP contribution is -2.02. The number of aryl methyl sites for hydroxylation is 2. The fourth-order valence-electron chi connectivity index (χ4n) is 2.55. The van der Waals surface area contributed by atoms with Crippen molar-refractivity contribution in [3.63, 3.8) is 0 Å². The van der Waals surface area contributed by atoms with Crippen LogP contribution in [0, 0.1) is 11.6 Å². The van der Waals surface area contributed by atoms with E-state index in [4.69, 9.17) is 16.6 Å². The summed E-state index contributed by atoms with van der Waals surface area (Å²) in [6.45, 7) is 1.94. The molecule has 2 heterocycles. The van der Waals surface area contributed by atoms with Crippen molar-refractivity contribution in [3.8, 4) is 11.4 Å². The maximum Gasteiger partial charge on any atom is 0.142 e. The topological polar surface area (TPSA) is 41.8 Å². The van der Waals surface area contributed by atoms with Gasteiger partial charge in [0, 0.05) is 11.3 Å². The first kappa shape index (κ1) is 11.7. The predicted molar refractivity (Wildman–Crippen MR) is 73.1 cm³/mol. The number of hydrogen-bond donors (Lipinski definition) is 1. The van der Waals surface area contributed by atoms with Gasteiger partial charge in [-0.15, -0.1) is 0 Å². The zero-order valence-corrected chi connectivity index (χ0v) is 11.3. The zero-order valence-electron chi connectivity index (χ0n) is 10.5. The minimum atomic E-state index is 0.751. The highest BCUT2D eigenvalue weighted by Gasteiger charge is 2.14. The molecule has 1 aliphatic rings. The molecule has 2 aromatic heterocycles. The maximum atomic E-state index is 5.44. The van der Waals surface area contributed by atoms with Crippen molar-refractivity contribution in [3.05, 3.63) is 34.0 Å². The monoisotopic (exact) mass is 260 g/mol. The van der Waals surface area contributed by atoms with Crippen LogP contribution in [0.15, 0.2) is 16.7 Å². The molecule has 94 valence electrons. The van der Waals surface area contributed by atoms with E-state index in [9.17, 15) is 0 Å². The van der Waals surface area contributed by atoms with E-state index in [1.165, 1.54) is 30.5 Å². The minimum absolute atomic E-state index is 0.751. The number of nitrogens with one attached hydrogen (secondary N) is 1. The first-order chi connectivity index (χ1) is 8.75. The highest BCUT2D eigenvalue weighted by Crippen LogP contribution is 2.25. The summed E-state index contributed by atoms with van der Waals surface area (Å²) in [4.78, 5) is 7.98. The molecule has 18 heavy (non-hydrogen) atoms. The molecular weight excluding hydrogens is 244 g/mol. The first-order valence-electron chi connectivity index (χ1n) is 6.42. The number of H-pyrrole nitrogens is 1. The average Bonchev–Trinajstić information content (AvgIpc) is 2.63. The molecule has 0 atom stereocenters. The summed E-state index contributed by atoms with van der Waals surface area (Å²) in [5.41, 5.74) is 3.52. The van der Waals surface area contributed by atoms with Gasteiger partial charge in [0.25, 0.3) is 0 Å². The molecule has 0 amide bonds. The summed E-state index contributed by atoms with van der Waals surface area (Å²) < 4.78 is 6.08. The van der Waals surface area contributed by atoms with Gasteiger partial charge in [-0.05, 0) is 38.7 Å². The Hall–Kier alpha value is -1.42. The second-order valence-electron chi connectivity index (χ2n) is 4.80. The van der Waals surface area contributed by atoms with Crippen LogP contribution < -0.4 is 0 Å². The highest BCUT2D eigenvalue weighted by molar-refractivity contribution is 7.71. The summed E-state index contributed by atoms with van der Waals surface area (Å²) in [6, 6.07) is 1.94. The molecule has 0 fully saturated rings. The average molecular weight is 260 g/mol. The molecule has 1 N–H and O–H groups in total. The molecule has 0 saturated heterocycles. The van der Waals surface area contributed by atoms with Crippen LogP contribution in [0.4, 0.5) is 0 Å². The Bertz CT molecular complexity index is 627. The summed E-state index contributed by atoms with van der Waals surface area (Å²) in [5.74, 6) is 1.72. The van der Waals surface area contributed by atoms with Crippen LogP contribution in [-0.4, -0.2) is 9.97 Å². The summed E-state index contributed by atoms with van der Waals surface area (Å²) >= 11 is 5.44. The normalized spacial score (nSPS) is 15.2. The van der Waals surface area contributed by atoms with Crippen molar-refractivity contribution in [1.82, 2.24) is 9.97 Å². The van der Waals surface area contributed by atoms with Crippen LogP contribution >= 0.6 is 12.2 Å². The third-order valence-corrected chi connectivity index (χ3v) is 3.91. The van der Waals surface area contributed by atoms with Gasteiger partial charge in [-0.1, -0.05) is 18.6 Å². The van der Waals surface area contributed by atoms with Crippen LogP contribution in [0.3, 0.4) is 0 Å². The third-order valence-electron chi connectivity index (χ3n) is 3.57. The van der Waals surface area contributed by atoms with Gasteiger partial charge in [-0.3, -0.25) is 0 Å². The number of aromatic amines is 1. The lowest BCUT2D eigenvalue weighted by Gasteiger charge is -2.08. The van der Waals surface area contributed by atoms with Crippen molar-refractivity contribution in [2.45, 2.75) is 39.0 Å². The van der Waals surface area contributed by atoms with Crippen molar-refractivity contribution >= 4 is 12.2 Å². The molecule has 0 bridgehead atoms. The van der Waals surface area contributed by atoms with E-state index < -0.39 is 0 Å². The Morgan fingerprint density at radius 1 is 1.28 bits per heavy atom. The van der Waals surface area contributed by atoms with Crippen molar-refractivity contribution in [1.29, 1.82) is 0 Å². The van der Waals surface area contributed by atoms with Crippen LogP contribution in [0.5, 0.6) is 0 Å². The van der Waals surface area contributed by atoms with Gasteiger partial charge in [0.15, 0.2) is 0 Å². The van der Waals surface area contributed by atoms with Gasteiger partial charge >= 0.3 is 0 Å². The Morgan fingerprint density at radius 2 is 2.11 bits per heavy atom. The molecule has 4 heteroatoms. The van der Waals surface area contributed by atoms with Crippen LogP contribution in [0.25, 0.3) is 11.4 Å². The van der Waals surface area contributed by atoms with Gasteiger partial charge in [-0.25, -0.2) is 4.98 Å². The summed E-state index contributed by atoms with van der Waals surface area (Å²) in [7, 11) is 0. The molecule has 2 aromatic rings. The quantitative estimate of drug-likeness (QED) is 0.623. The molecule has 3 rings (SSSR count). The minimum Gasteiger partial charge on any atom is -0.469 e. The van der Waals surface area contributed by atoms with E-state index in [0.717, 1.165) is 34.6 Å². The Morgan fingerprint density at radius 3 is 2.89 bits per heavy atom. The largest absolute Gasteiger partial charge is 0.469 e. The number of nitrogens with zero attached hydrogens (tertiary/aromatic N) is 1. The number of hydrogen-bond acceptors (Lipinski definition) is 3. The van der Waals surface area contributed by atoms with E-state index in [2.05, 4.69) is 9.97 Å². The number of furan rings is 1. The lowest BCUT2D eigenvalue weighted by molar-refractivity contribution is 0.535. The van der Waals surface area contributed by atoms with Gasteiger partial charge in [-0.2, -0.15) is 0 Å². The Kier molecular flexibility index (Phi) is 3.04. The Labute approximate surface area is 111 Å². The van der Waals surface area contributed by atoms with Gasteiger partial charge in [0.1, 0.15) is 16.2 Å². The molecule has 0 radical (unpaired) electrons. The van der Waals surface area contributed by atoms with E-state index >= 15 is 0 Å². The summed E-state index contributed by atoms with van der Waals surface area (Å²) in [6.07, 6.45) is 7.54. The number of aromatic nitrogens is 2.